The second-order valence-corrected chi connectivity index (χ2v) is 5.33. The van der Waals surface area contributed by atoms with E-state index in [4.69, 9.17) is 10.5 Å². The van der Waals surface area contributed by atoms with Crippen LogP contribution in [-0.2, 0) is 17.8 Å². The van der Waals surface area contributed by atoms with Crippen molar-refractivity contribution in [2.45, 2.75) is 26.9 Å². The molecule has 1 aromatic carbocycles. The first-order chi connectivity index (χ1) is 9.58. The van der Waals surface area contributed by atoms with Gasteiger partial charge in [0.25, 0.3) is 0 Å². The van der Waals surface area contributed by atoms with Crippen molar-refractivity contribution in [3.63, 3.8) is 0 Å². The van der Waals surface area contributed by atoms with Crippen molar-refractivity contribution in [3.05, 3.63) is 41.7 Å². The lowest BCUT2D eigenvalue weighted by Crippen LogP contribution is -2.02. The van der Waals surface area contributed by atoms with E-state index >= 15 is 0 Å². The molecule has 0 saturated heterocycles. The molecule has 0 amide bonds. The maximum Gasteiger partial charge on any atom is 0.157 e. The Kier molecular flexibility index (Phi) is 4.69. The molecule has 1 heterocycles. The van der Waals surface area contributed by atoms with Crippen LogP contribution in [0.2, 0.25) is 0 Å². The molecule has 0 aliphatic rings. The minimum Gasteiger partial charge on any atom is -0.384 e. The third-order valence-corrected chi connectivity index (χ3v) is 2.93. The second-order valence-electron chi connectivity index (χ2n) is 5.33. The summed E-state index contributed by atoms with van der Waals surface area (Å²) >= 11 is 0. The first kappa shape index (κ1) is 14.5. The highest BCUT2D eigenvalue weighted by atomic mass is 16.5. The van der Waals surface area contributed by atoms with Crippen molar-refractivity contribution >= 4 is 5.82 Å². The molecule has 0 spiro atoms. The zero-order valence-corrected chi connectivity index (χ0v) is 12.3. The van der Waals surface area contributed by atoms with Gasteiger partial charge in [0.2, 0.25) is 0 Å². The molecule has 0 unspecified atom stereocenters. The van der Waals surface area contributed by atoms with E-state index < -0.39 is 0 Å². The van der Waals surface area contributed by atoms with Crippen molar-refractivity contribution < 1.29 is 4.74 Å². The summed E-state index contributed by atoms with van der Waals surface area (Å²) in [6, 6.07) is 10.2. The molecule has 1 aromatic heterocycles. The molecule has 2 rings (SSSR count). The SMILES string of the molecule is COCc1nc(N)cc(-c2cccc(CC(C)C)c2)n1. The minimum atomic E-state index is 0.365. The van der Waals surface area contributed by atoms with E-state index in [-0.39, 0.29) is 0 Å². The quantitative estimate of drug-likeness (QED) is 0.907. The van der Waals surface area contributed by atoms with Gasteiger partial charge < -0.3 is 10.5 Å². The normalized spacial score (nSPS) is 11.0. The zero-order chi connectivity index (χ0) is 14.5. The van der Waals surface area contributed by atoms with Gasteiger partial charge in [0, 0.05) is 18.7 Å². The second kappa shape index (κ2) is 6.48. The number of methoxy groups -OCH3 is 1. The number of nitrogens with two attached hydrogens (primary N) is 1. The van der Waals surface area contributed by atoms with Gasteiger partial charge in [0.15, 0.2) is 5.82 Å². The van der Waals surface area contributed by atoms with Gasteiger partial charge in [-0.25, -0.2) is 9.97 Å². The maximum atomic E-state index is 5.84. The van der Waals surface area contributed by atoms with E-state index in [1.807, 2.05) is 6.07 Å². The van der Waals surface area contributed by atoms with Crippen LogP contribution in [0, 0.1) is 5.92 Å². The van der Waals surface area contributed by atoms with Crippen molar-refractivity contribution in [2.75, 3.05) is 12.8 Å². The standard InChI is InChI=1S/C16H21N3O/c1-11(2)7-12-5-4-6-13(8-12)14-9-15(17)19-16(18-14)10-20-3/h4-6,8-9,11H,7,10H2,1-3H3,(H2,17,18,19). The molecule has 0 radical (unpaired) electrons. The Balaban J connectivity index is 2.35. The van der Waals surface area contributed by atoms with Crippen molar-refractivity contribution in [1.82, 2.24) is 9.97 Å². The Morgan fingerprint density at radius 2 is 2.00 bits per heavy atom. The number of ether oxygens (including phenoxy) is 1. The molecule has 0 fully saturated rings. The number of rotatable bonds is 5. The van der Waals surface area contributed by atoms with E-state index in [9.17, 15) is 0 Å². The first-order valence-electron chi connectivity index (χ1n) is 6.80. The van der Waals surface area contributed by atoms with E-state index in [0.29, 0.717) is 24.2 Å². The third kappa shape index (κ3) is 3.78. The third-order valence-electron chi connectivity index (χ3n) is 2.93. The van der Waals surface area contributed by atoms with Gasteiger partial charge in [0.1, 0.15) is 12.4 Å². The summed E-state index contributed by atoms with van der Waals surface area (Å²) in [5.41, 5.74) is 9.05. The van der Waals surface area contributed by atoms with Crippen LogP contribution in [0.25, 0.3) is 11.3 Å². The molecule has 0 bridgehead atoms. The smallest absolute Gasteiger partial charge is 0.157 e. The summed E-state index contributed by atoms with van der Waals surface area (Å²) < 4.78 is 5.07. The number of anilines is 1. The zero-order valence-electron chi connectivity index (χ0n) is 12.3. The maximum absolute atomic E-state index is 5.84. The number of hydrogen-bond donors (Lipinski definition) is 1. The summed E-state index contributed by atoms with van der Waals surface area (Å²) in [5, 5.41) is 0. The Hall–Kier alpha value is -1.94. The van der Waals surface area contributed by atoms with Crippen LogP contribution in [0.3, 0.4) is 0 Å². The Labute approximate surface area is 120 Å². The topological polar surface area (TPSA) is 61.0 Å². The molecule has 0 saturated carbocycles. The van der Waals surface area contributed by atoms with Gasteiger partial charge in [-0.2, -0.15) is 0 Å². The van der Waals surface area contributed by atoms with Gasteiger partial charge in [-0.15, -0.1) is 0 Å². The fraction of sp³-hybridized carbons (Fsp3) is 0.375. The van der Waals surface area contributed by atoms with Gasteiger partial charge in [-0.05, 0) is 24.0 Å². The summed E-state index contributed by atoms with van der Waals surface area (Å²) in [7, 11) is 1.62. The summed E-state index contributed by atoms with van der Waals surface area (Å²) in [6.07, 6.45) is 1.05. The number of benzene rings is 1. The van der Waals surface area contributed by atoms with Crippen LogP contribution >= 0.6 is 0 Å². The van der Waals surface area contributed by atoms with Crippen LogP contribution in [0.5, 0.6) is 0 Å². The van der Waals surface area contributed by atoms with E-state index in [2.05, 4.69) is 42.0 Å². The monoisotopic (exact) mass is 271 g/mol. The number of hydrogen-bond acceptors (Lipinski definition) is 4. The molecule has 2 aromatic rings. The lowest BCUT2D eigenvalue weighted by atomic mass is 10.00. The van der Waals surface area contributed by atoms with Crippen LogP contribution in [0.1, 0.15) is 25.2 Å². The summed E-state index contributed by atoms with van der Waals surface area (Å²) in [6.45, 7) is 4.79. The Morgan fingerprint density at radius 3 is 2.70 bits per heavy atom. The average Bonchev–Trinajstić information content (AvgIpc) is 2.38. The fourth-order valence-electron chi connectivity index (χ4n) is 2.19. The minimum absolute atomic E-state index is 0.365. The van der Waals surface area contributed by atoms with Gasteiger partial charge in [-0.3, -0.25) is 0 Å². The summed E-state index contributed by atoms with van der Waals surface area (Å²) in [5.74, 6) is 1.71. The molecule has 20 heavy (non-hydrogen) atoms. The molecule has 4 heteroatoms. The van der Waals surface area contributed by atoms with Gasteiger partial charge in [-0.1, -0.05) is 32.0 Å². The highest BCUT2D eigenvalue weighted by molar-refractivity contribution is 5.62. The van der Waals surface area contributed by atoms with Crippen molar-refractivity contribution in [1.29, 1.82) is 0 Å². The predicted molar refractivity (Wildman–Crippen MR) is 81.1 cm³/mol. The lowest BCUT2D eigenvalue weighted by Gasteiger charge is -2.09. The van der Waals surface area contributed by atoms with Crippen molar-refractivity contribution in [3.8, 4) is 11.3 Å². The molecule has 0 aliphatic heterocycles. The number of nitrogens with zero attached hydrogens (tertiary/aromatic N) is 2. The van der Waals surface area contributed by atoms with Crippen molar-refractivity contribution in [2.24, 2.45) is 5.92 Å². The van der Waals surface area contributed by atoms with Gasteiger partial charge in [0.05, 0.1) is 5.69 Å². The average molecular weight is 271 g/mol. The molecule has 106 valence electrons. The molecule has 2 N–H and O–H groups in total. The van der Waals surface area contributed by atoms with E-state index in [1.54, 1.807) is 13.2 Å². The Morgan fingerprint density at radius 1 is 1.20 bits per heavy atom. The van der Waals surface area contributed by atoms with E-state index in [0.717, 1.165) is 17.7 Å². The molecular weight excluding hydrogens is 250 g/mol. The first-order valence-corrected chi connectivity index (χ1v) is 6.80. The molecule has 0 aliphatic carbocycles. The van der Waals surface area contributed by atoms with Crippen LogP contribution < -0.4 is 5.73 Å². The predicted octanol–water partition coefficient (Wildman–Crippen LogP) is 3.07. The molecule has 0 atom stereocenters. The number of nitrogen functional groups attached to an aromatic ring is 1. The van der Waals surface area contributed by atoms with Gasteiger partial charge >= 0.3 is 0 Å². The number of aromatic nitrogens is 2. The highest BCUT2D eigenvalue weighted by Gasteiger charge is 2.06. The Bertz CT molecular complexity index is 582. The van der Waals surface area contributed by atoms with Crippen LogP contribution in [-0.4, -0.2) is 17.1 Å². The largest absolute Gasteiger partial charge is 0.384 e. The lowest BCUT2D eigenvalue weighted by molar-refractivity contribution is 0.178. The van der Waals surface area contributed by atoms with Crippen LogP contribution in [0.15, 0.2) is 30.3 Å². The highest BCUT2D eigenvalue weighted by Crippen LogP contribution is 2.21. The fourth-order valence-corrected chi connectivity index (χ4v) is 2.19. The van der Waals surface area contributed by atoms with Crippen LogP contribution in [0.4, 0.5) is 5.82 Å². The summed E-state index contributed by atoms with van der Waals surface area (Å²) in [4.78, 5) is 8.66. The molecule has 4 nitrogen and oxygen atoms in total. The van der Waals surface area contributed by atoms with E-state index in [1.165, 1.54) is 5.56 Å². The molecular formula is C16H21N3O.